The van der Waals surface area contributed by atoms with Gasteiger partial charge in [0.1, 0.15) is 5.75 Å². The van der Waals surface area contributed by atoms with Crippen molar-refractivity contribution in [3.05, 3.63) is 48.2 Å². The molecule has 2 saturated heterocycles. The number of ether oxygens (including phenoxy) is 1. The third-order valence-corrected chi connectivity index (χ3v) is 7.62. The van der Waals surface area contributed by atoms with Crippen LogP contribution in [0.3, 0.4) is 0 Å². The van der Waals surface area contributed by atoms with Gasteiger partial charge in [0.2, 0.25) is 5.91 Å². The molecule has 2 heterocycles. The zero-order chi connectivity index (χ0) is 27.4. The van der Waals surface area contributed by atoms with E-state index < -0.39 is 5.51 Å². The fourth-order valence-corrected chi connectivity index (χ4v) is 5.26. The number of anilines is 1. The molecule has 38 heavy (non-hydrogen) atoms. The predicted molar refractivity (Wildman–Crippen MR) is 150 cm³/mol. The van der Waals surface area contributed by atoms with Crippen LogP contribution in [0.5, 0.6) is 5.75 Å². The Morgan fingerprint density at radius 3 is 2.34 bits per heavy atom. The Bertz CT molecular complexity index is 916. The maximum Gasteiger partial charge on any atom is 0.442 e. The molecule has 0 unspecified atom stereocenters. The highest BCUT2D eigenvalue weighted by Crippen LogP contribution is 2.30. The number of hydrogen-bond acceptors (Lipinski definition) is 6. The number of hydrogen-bond donors (Lipinski definition) is 0. The van der Waals surface area contributed by atoms with Crippen LogP contribution in [0.4, 0.5) is 18.9 Å². The van der Waals surface area contributed by atoms with Crippen molar-refractivity contribution >= 4 is 23.4 Å². The lowest BCUT2D eigenvalue weighted by atomic mass is 10.2. The van der Waals surface area contributed by atoms with Crippen molar-refractivity contribution in [2.75, 3.05) is 76.7 Å². The number of thioether (sulfide) groups is 1. The number of benzene rings is 1. The van der Waals surface area contributed by atoms with Crippen LogP contribution < -0.4 is 9.64 Å². The molecule has 0 N–H and O–H groups in total. The number of piperazine rings is 1. The van der Waals surface area contributed by atoms with Crippen molar-refractivity contribution in [2.24, 2.45) is 0 Å². The van der Waals surface area contributed by atoms with Crippen molar-refractivity contribution in [1.82, 2.24) is 14.7 Å². The van der Waals surface area contributed by atoms with Gasteiger partial charge in [0.15, 0.2) is 0 Å². The number of halogens is 3. The quantitative estimate of drug-likeness (QED) is 0.349. The minimum absolute atomic E-state index is 0.0288. The molecule has 0 atom stereocenters. The van der Waals surface area contributed by atoms with Crippen LogP contribution in [0.15, 0.2) is 48.2 Å². The molecule has 2 aliphatic heterocycles. The van der Waals surface area contributed by atoms with Crippen LogP contribution in [0.25, 0.3) is 0 Å². The fraction of sp³-hybridized carbons (Fsp3) is 0.607. The zero-order valence-electron chi connectivity index (χ0n) is 22.6. The third kappa shape index (κ3) is 10.1. The molecular weight excluding hydrogens is 513 g/mol. The molecule has 10 heteroatoms. The Morgan fingerprint density at radius 1 is 1.00 bits per heavy atom. The summed E-state index contributed by atoms with van der Waals surface area (Å²) < 4.78 is 42.5. The van der Waals surface area contributed by atoms with Crippen LogP contribution in [-0.4, -0.2) is 97.9 Å². The number of rotatable bonds is 11. The zero-order valence-corrected chi connectivity index (χ0v) is 23.4. The van der Waals surface area contributed by atoms with Gasteiger partial charge in [-0.1, -0.05) is 19.1 Å². The molecule has 0 aliphatic carbocycles. The van der Waals surface area contributed by atoms with E-state index in [1.54, 1.807) is 19.3 Å². The summed E-state index contributed by atoms with van der Waals surface area (Å²) in [5.74, 6) is 0.962. The van der Waals surface area contributed by atoms with Gasteiger partial charge in [-0.15, -0.1) is 0 Å². The summed E-state index contributed by atoms with van der Waals surface area (Å²) in [6.07, 6.45) is 8.46. The maximum absolute atomic E-state index is 12.9. The van der Waals surface area contributed by atoms with Crippen molar-refractivity contribution in [3.63, 3.8) is 0 Å². The first-order valence-corrected chi connectivity index (χ1v) is 14.5. The molecule has 1 amide bonds. The van der Waals surface area contributed by atoms with Gasteiger partial charge >= 0.3 is 5.51 Å². The van der Waals surface area contributed by atoms with Crippen molar-refractivity contribution in [2.45, 2.75) is 38.1 Å². The van der Waals surface area contributed by atoms with E-state index in [2.05, 4.69) is 26.8 Å². The predicted octanol–water partition coefficient (Wildman–Crippen LogP) is 5.23. The van der Waals surface area contributed by atoms with Crippen molar-refractivity contribution in [3.8, 4) is 5.75 Å². The first kappa shape index (κ1) is 30.2. The Labute approximate surface area is 229 Å². The largest absolute Gasteiger partial charge is 0.497 e. The lowest BCUT2D eigenvalue weighted by Crippen LogP contribution is -2.46. The van der Waals surface area contributed by atoms with Gasteiger partial charge in [0, 0.05) is 75.9 Å². The summed E-state index contributed by atoms with van der Waals surface area (Å²) in [6, 6.07) is 8.18. The van der Waals surface area contributed by atoms with E-state index in [0.29, 0.717) is 19.5 Å². The monoisotopic (exact) mass is 554 g/mol. The molecule has 2 aliphatic rings. The Hall–Kier alpha value is -2.33. The van der Waals surface area contributed by atoms with E-state index in [1.807, 2.05) is 30.0 Å². The summed E-state index contributed by atoms with van der Waals surface area (Å²) in [6.45, 7) is 9.72. The topological polar surface area (TPSA) is 39.3 Å². The number of carbonyl (C=O) groups is 1. The Balaban J connectivity index is 1.37. The minimum atomic E-state index is -4.21. The second-order valence-corrected chi connectivity index (χ2v) is 10.6. The summed E-state index contributed by atoms with van der Waals surface area (Å²) >= 11 is -0.0288. The fourth-order valence-electron chi connectivity index (χ4n) is 4.88. The van der Waals surface area contributed by atoms with Gasteiger partial charge in [-0.05, 0) is 67.9 Å². The molecule has 1 aromatic carbocycles. The molecule has 0 radical (unpaired) electrons. The number of carbonyl (C=O) groups excluding carboxylic acids is 1. The molecular formula is C28H41F3N4O2S. The standard InChI is InChI=1S/C28H41F3N4O2S/c1-3-7-24(8-5-23-38-28(29,30)31)33-15-6-16-35(22-21-33)27(36)9-4-14-32-17-19-34(20-18-32)25-10-12-26(37-2)13-11-25/h5,7-8,10-13H,3-4,6,9,14-23H2,1-2H3/b8-5-,24-7+. The second kappa shape index (κ2) is 15.3. The normalized spacial score (nSPS) is 18.2. The SMILES string of the molecule is CC/C=C(\C=C/CSC(F)(F)F)N1CCCN(C(=O)CCCN2CCN(c3ccc(OC)cc3)CC2)CC1. The van der Waals surface area contributed by atoms with E-state index in [1.165, 1.54) is 5.69 Å². The number of amides is 1. The van der Waals surface area contributed by atoms with Crippen molar-refractivity contribution < 1.29 is 22.7 Å². The van der Waals surface area contributed by atoms with Crippen LogP contribution in [0.2, 0.25) is 0 Å². The molecule has 6 nitrogen and oxygen atoms in total. The van der Waals surface area contributed by atoms with Gasteiger partial charge < -0.3 is 19.4 Å². The Morgan fingerprint density at radius 2 is 1.68 bits per heavy atom. The number of alkyl halides is 3. The summed E-state index contributed by atoms with van der Waals surface area (Å²) in [4.78, 5) is 21.9. The molecule has 2 fully saturated rings. The number of allylic oxidation sites excluding steroid dienone is 2. The molecule has 3 rings (SSSR count). The maximum atomic E-state index is 12.9. The van der Waals surface area contributed by atoms with E-state index in [0.717, 1.165) is 76.5 Å². The van der Waals surface area contributed by atoms with E-state index in [9.17, 15) is 18.0 Å². The first-order chi connectivity index (χ1) is 18.3. The highest BCUT2D eigenvalue weighted by molar-refractivity contribution is 8.00. The van der Waals surface area contributed by atoms with Crippen LogP contribution in [0.1, 0.15) is 32.6 Å². The highest BCUT2D eigenvalue weighted by Gasteiger charge is 2.27. The summed E-state index contributed by atoms with van der Waals surface area (Å²) in [7, 11) is 1.67. The number of methoxy groups -OCH3 is 1. The number of nitrogens with zero attached hydrogens (tertiary/aromatic N) is 4. The highest BCUT2D eigenvalue weighted by atomic mass is 32.2. The van der Waals surface area contributed by atoms with Crippen LogP contribution in [0, 0.1) is 0 Å². The van der Waals surface area contributed by atoms with Gasteiger partial charge in [0.25, 0.3) is 0 Å². The van der Waals surface area contributed by atoms with E-state index >= 15 is 0 Å². The van der Waals surface area contributed by atoms with Gasteiger partial charge in [-0.2, -0.15) is 13.2 Å². The van der Waals surface area contributed by atoms with E-state index in [-0.39, 0.29) is 23.4 Å². The minimum Gasteiger partial charge on any atom is -0.497 e. The summed E-state index contributed by atoms with van der Waals surface area (Å²) in [5, 5.41) is 0. The van der Waals surface area contributed by atoms with Gasteiger partial charge in [0.05, 0.1) is 7.11 Å². The average molecular weight is 555 g/mol. The van der Waals surface area contributed by atoms with E-state index in [4.69, 9.17) is 4.74 Å². The molecule has 0 spiro atoms. The van der Waals surface area contributed by atoms with Gasteiger partial charge in [-0.3, -0.25) is 9.69 Å². The lowest BCUT2D eigenvalue weighted by Gasteiger charge is -2.36. The summed E-state index contributed by atoms with van der Waals surface area (Å²) in [5.41, 5.74) is -2.06. The van der Waals surface area contributed by atoms with Crippen LogP contribution in [-0.2, 0) is 4.79 Å². The molecule has 0 aromatic heterocycles. The molecule has 0 bridgehead atoms. The second-order valence-electron chi connectivity index (χ2n) is 9.55. The first-order valence-electron chi connectivity index (χ1n) is 13.5. The molecule has 0 saturated carbocycles. The molecule has 212 valence electrons. The molecule has 1 aromatic rings. The third-order valence-electron chi connectivity index (χ3n) is 6.93. The van der Waals surface area contributed by atoms with Crippen LogP contribution >= 0.6 is 11.8 Å². The average Bonchev–Trinajstić information content (AvgIpc) is 3.17. The van der Waals surface area contributed by atoms with Gasteiger partial charge in [-0.25, -0.2) is 0 Å². The van der Waals surface area contributed by atoms with Crippen molar-refractivity contribution in [1.29, 1.82) is 0 Å². The Kier molecular flexibility index (Phi) is 12.2. The lowest BCUT2D eigenvalue weighted by molar-refractivity contribution is -0.131. The smallest absolute Gasteiger partial charge is 0.442 e.